The van der Waals surface area contributed by atoms with E-state index in [4.69, 9.17) is 11.6 Å². The minimum atomic E-state index is 0.727. The lowest BCUT2D eigenvalue weighted by Crippen LogP contribution is -2.38. The minimum Gasteiger partial charge on any atom is -0.361 e. The molecule has 0 unspecified atom stereocenters. The standard InChI is InChI=1S/C19H24ClN5S/c1-3-21-19(23-9-7-18-25-11-13(2)26-18)22-8-6-14-12-24-17-5-4-15(20)10-16(14)17/h4-5,10-12,24H,3,6-9H2,1-2H3,(H2,21,22,23). The summed E-state index contributed by atoms with van der Waals surface area (Å²) in [5.74, 6) is 0.846. The van der Waals surface area contributed by atoms with Gasteiger partial charge in [0.25, 0.3) is 0 Å². The van der Waals surface area contributed by atoms with Gasteiger partial charge in [0.2, 0.25) is 0 Å². The Kier molecular flexibility index (Phi) is 6.52. The lowest BCUT2D eigenvalue weighted by Gasteiger charge is -2.11. The third-order valence-corrected chi connectivity index (χ3v) is 5.23. The third-order valence-electron chi connectivity index (χ3n) is 4.03. The van der Waals surface area contributed by atoms with Crippen LogP contribution in [0.4, 0.5) is 0 Å². The molecule has 26 heavy (non-hydrogen) atoms. The molecule has 0 aliphatic rings. The molecule has 0 aliphatic heterocycles. The van der Waals surface area contributed by atoms with Gasteiger partial charge in [-0.25, -0.2) is 4.98 Å². The van der Waals surface area contributed by atoms with Gasteiger partial charge >= 0.3 is 0 Å². The van der Waals surface area contributed by atoms with E-state index < -0.39 is 0 Å². The zero-order chi connectivity index (χ0) is 18.4. The summed E-state index contributed by atoms with van der Waals surface area (Å²) in [5.41, 5.74) is 2.37. The molecule has 5 nitrogen and oxygen atoms in total. The molecule has 0 spiro atoms. The number of aryl methyl sites for hydroxylation is 1. The van der Waals surface area contributed by atoms with E-state index in [1.54, 1.807) is 11.3 Å². The van der Waals surface area contributed by atoms with Crippen LogP contribution in [0.2, 0.25) is 5.02 Å². The number of rotatable bonds is 7. The summed E-state index contributed by atoms with van der Waals surface area (Å²) in [6, 6.07) is 5.93. The lowest BCUT2D eigenvalue weighted by molar-refractivity contribution is 0.798. The Hall–Kier alpha value is -2.05. The molecule has 0 radical (unpaired) electrons. The Labute approximate surface area is 162 Å². The van der Waals surface area contributed by atoms with Gasteiger partial charge < -0.3 is 15.6 Å². The van der Waals surface area contributed by atoms with Crippen LogP contribution >= 0.6 is 22.9 Å². The van der Waals surface area contributed by atoms with E-state index in [0.29, 0.717) is 0 Å². The fourth-order valence-corrected chi connectivity index (χ4v) is 3.74. The number of thiazole rings is 1. The number of guanidine groups is 1. The summed E-state index contributed by atoms with van der Waals surface area (Å²) in [6.07, 6.45) is 5.74. The number of fused-ring (bicyclic) bond motifs is 1. The Balaban J connectivity index is 1.54. The fourth-order valence-electron chi connectivity index (χ4n) is 2.80. The Morgan fingerprint density at radius 2 is 2.19 bits per heavy atom. The number of aliphatic imine (C=N–C) groups is 1. The van der Waals surface area contributed by atoms with Crippen LogP contribution in [0.3, 0.4) is 0 Å². The number of nitrogens with one attached hydrogen (secondary N) is 3. The molecule has 0 atom stereocenters. The monoisotopic (exact) mass is 389 g/mol. The average molecular weight is 390 g/mol. The molecule has 1 aromatic carbocycles. The highest BCUT2D eigenvalue weighted by molar-refractivity contribution is 7.11. The Morgan fingerprint density at radius 1 is 1.31 bits per heavy atom. The largest absolute Gasteiger partial charge is 0.361 e. The van der Waals surface area contributed by atoms with Crippen LogP contribution < -0.4 is 10.6 Å². The Morgan fingerprint density at radius 3 is 2.96 bits per heavy atom. The maximum atomic E-state index is 6.12. The summed E-state index contributed by atoms with van der Waals surface area (Å²) in [5, 5.41) is 9.78. The van der Waals surface area contributed by atoms with Gasteiger partial charge in [-0.2, -0.15) is 0 Å². The van der Waals surface area contributed by atoms with Crippen molar-refractivity contribution < 1.29 is 0 Å². The smallest absolute Gasteiger partial charge is 0.191 e. The normalized spacial score (nSPS) is 11.9. The van der Waals surface area contributed by atoms with Gasteiger partial charge in [-0.05, 0) is 44.0 Å². The van der Waals surface area contributed by atoms with E-state index in [0.717, 1.165) is 54.0 Å². The molecule has 0 saturated heterocycles. The highest BCUT2D eigenvalue weighted by Crippen LogP contribution is 2.22. The number of aromatic nitrogens is 2. The number of halogens is 1. The van der Waals surface area contributed by atoms with Crippen LogP contribution in [0.5, 0.6) is 0 Å². The van der Waals surface area contributed by atoms with Crippen LogP contribution in [0, 0.1) is 6.92 Å². The Bertz CT molecular complexity index is 883. The molecule has 7 heteroatoms. The lowest BCUT2D eigenvalue weighted by atomic mass is 10.1. The first-order valence-electron chi connectivity index (χ1n) is 8.84. The van der Waals surface area contributed by atoms with Gasteiger partial charge in [-0.1, -0.05) is 11.6 Å². The molecule has 0 bridgehead atoms. The summed E-state index contributed by atoms with van der Waals surface area (Å²) >= 11 is 7.86. The fraction of sp³-hybridized carbons (Fsp3) is 0.368. The zero-order valence-electron chi connectivity index (χ0n) is 15.1. The van der Waals surface area contributed by atoms with Crippen LogP contribution in [-0.2, 0) is 12.8 Å². The first kappa shape index (κ1) is 18.7. The molecule has 0 amide bonds. The molecule has 0 fully saturated rings. The van der Waals surface area contributed by atoms with Crippen molar-refractivity contribution in [2.24, 2.45) is 4.99 Å². The second-order valence-electron chi connectivity index (χ2n) is 6.06. The highest BCUT2D eigenvalue weighted by atomic mass is 35.5. The van der Waals surface area contributed by atoms with E-state index >= 15 is 0 Å². The molecule has 3 aromatic rings. The SMILES string of the molecule is CCNC(=NCCc1ncc(C)s1)NCCc1c[nH]c2ccc(Cl)cc12. The number of aromatic amines is 1. The molecule has 3 rings (SSSR count). The predicted octanol–water partition coefficient (Wildman–Crippen LogP) is 3.93. The van der Waals surface area contributed by atoms with Crippen molar-refractivity contribution in [1.82, 2.24) is 20.6 Å². The maximum Gasteiger partial charge on any atom is 0.191 e. The topological polar surface area (TPSA) is 65.1 Å². The number of H-pyrrole nitrogens is 1. The van der Waals surface area contributed by atoms with Crippen molar-refractivity contribution >= 4 is 39.8 Å². The summed E-state index contributed by atoms with van der Waals surface area (Å²) < 4.78 is 0. The van der Waals surface area contributed by atoms with E-state index in [9.17, 15) is 0 Å². The van der Waals surface area contributed by atoms with Crippen LogP contribution in [-0.4, -0.2) is 35.6 Å². The van der Waals surface area contributed by atoms with E-state index in [1.807, 2.05) is 24.4 Å². The van der Waals surface area contributed by atoms with Gasteiger partial charge in [-0.3, -0.25) is 4.99 Å². The molecule has 0 aliphatic carbocycles. The minimum absolute atomic E-state index is 0.727. The van der Waals surface area contributed by atoms with Crippen molar-refractivity contribution in [3.05, 3.63) is 51.1 Å². The highest BCUT2D eigenvalue weighted by Gasteiger charge is 2.05. The van der Waals surface area contributed by atoms with Crippen molar-refractivity contribution in [2.75, 3.05) is 19.6 Å². The number of nitrogens with zero attached hydrogens (tertiary/aromatic N) is 2. The van der Waals surface area contributed by atoms with Gasteiger partial charge in [0.05, 0.1) is 5.01 Å². The van der Waals surface area contributed by atoms with Crippen molar-refractivity contribution in [2.45, 2.75) is 26.7 Å². The number of hydrogen-bond acceptors (Lipinski definition) is 3. The second-order valence-corrected chi connectivity index (χ2v) is 7.81. The quantitative estimate of drug-likeness (QED) is 0.423. The molecular weight excluding hydrogens is 366 g/mol. The zero-order valence-corrected chi connectivity index (χ0v) is 16.7. The van der Waals surface area contributed by atoms with Crippen LogP contribution in [0.15, 0.2) is 35.6 Å². The van der Waals surface area contributed by atoms with Crippen molar-refractivity contribution in [3.63, 3.8) is 0 Å². The molecular formula is C19H24ClN5S. The van der Waals surface area contributed by atoms with Gasteiger partial charge in [-0.15, -0.1) is 11.3 Å². The molecule has 2 heterocycles. The summed E-state index contributed by atoms with van der Waals surface area (Å²) in [6.45, 7) is 6.52. The second kappa shape index (κ2) is 9.05. The third kappa shape index (κ3) is 4.99. The number of benzene rings is 1. The molecule has 2 aromatic heterocycles. The first-order chi connectivity index (χ1) is 12.7. The summed E-state index contributed by atoms with van der Waals surface area (Å²) in [7, 11) is 0. The van der Waals surface area contributed by atoms with Crippen molar-refractivity contribution in [1.29, 1.82) is 0 Å². The van der Waals surface area contributed by atoms with Gasteiger partial charge in [0.15, 0.2) is 5.96 Å². The predicted molar refractivity (Wildman–Crippen MR) is 112 cm³/mol. The molecule has 138 valence electrons. The van der Waals surface area contributed by atoms with Gasteiger partial charge in [0.1, 0.15) is 0 Å². The number of hydrogen-bond donors (Lipinski definition) is 3. The van der Waals surface area contributed by atoms with Gasteiger partial charge in [0, 0.05) is 59.3 Å². The molecule has 3 N–H and O–H groups in total. The first-order valence-corrected chi connectivity index (χ1v) is 10.0. The summed E-state index contributed by atoms with van der Waals surface area (Å²) in [4.78, 5) is 13.6. The van der Waals surface area contributed by atoms with E-state index in [-0.39, 0.29) is 0 Å². The maximum absolute atomic E-state index is 6.12. The van der Waals surface area contributed by atoms with Crippen molar-refractivity contribution in [3.8, 4) is 0 Å². The van der Waals surface area contributed by atoms with Crippen LogP contribution in [0.1, 0.15) is 22.4 Å². The average Bonchev–Trinajstić information content (AvgIpc) is 3.21. The van der Waals surface area contributed by atoms with E-state index in [2.05, 4.69) is 45.6 Å². The van der Waals surface area contributed by atoms with E-state index in [1.165, 1.54) is 15.8 Å². The van der Waals surface area contributed by atoms with Crippen LogP contribution in [0.25, 0.3) is 10.9 Å². The molecule has 0 saturated carbocycles.